The van der Waals surface area contributed by atoms with Crippen LogP contribution < -0.4 is 0 Å². The second-order valence-electron chi connectivity index (χ2n) is 12.1. The molecule has 7 rings (SSSR count). The van der Waals surface area contributed by atoms with Crippen molar-refractivity contribution in [1.29, 1.82) is 0 Å². The predicted molar refractivity (Wildman–Crippen MR) is 210 cm³/mol. The highest BCUT2D eigenvalue weighted by atomic mass is 15.1. The fraction of sp³-hybridized carbons (Fsp3) is 0.0652. The molecule has 0 bridgehead atoms. The summed E-state index contributed by atoms with van der Waals surface area (Å²) in [7, 11) is 0. The Hall–Kier alpha value is -5.99. The van der Waals surface area contributed by atoms with E-state index in [0.717, 1.165) is 34.0 Å². The first-order valence-corrected chi connectivity index (χ1v) is 16.4. The quantitative estimate of drug-likeness (QED) is 0.122. The van der Waals surface area contributed by atoms with Gasteiger partial charge in [-0.15, -0.1) is 0 Å². The predicted octanol–water partition coefficient (Wildman–Crippen LogP) is 12.9. The molecule has 0 atom stereocenters. The Morgan fingerprint density at radius 1 is 0.646 bits per heavy atom. The topological polar surface area (TPSA) is 17.8 Å². The van der Waals surface area contributed by atoms with Gasteiger partial charge in [0.05, 0.1) is 11.4 Å². The maximum Gasteiger partial charge on any atom is 0.145 e. The molecule has 232 valence electrons. The van der Waals surface area contributed by atoms with E-state index >= 15 is 0 Å². The van der Waals surface area contributed by atoms with Crippen LogP contribution in [0.25, 0.3) is 83.8 Å². The van der Waals surface area contributed by atoms with Gasteiger partial charge in [-0.2, -0.15) is 0 Å². The normalized spacial score (nSPS) is 12.2. The minimum Gasteiger partial charge on any atom is -0.292 e. The molecule has 1 heterocycles. The van der Waals surface area contributed by atoms with Crippen molar-refractivity contribution in [3.8, 4) is 33.6 Å². The van der Waals surface area contributed by atoms with Crippen LogP contribution in [0, 0.1) is 6.92 Å². The molecule has 0 spiro atoms. The summed E-state index contributed by atoms with van der Waals surface area (Å²) in [6.07, 6.45) is 13.9. The minimum absolute atomic E-state index is 0.836. The molecule has 6 aromatic carbocycles. The number of allylic oxidation sites excluding steroid dienone is 6. The van der Waals surface area contributed by atoms with Crippen LogP contribution in [0.5, 0.6) is 0 Å². The number of benzene rings is 6. The van der Waals surface area contributed by atoms with E-state index in [4.69, 9.17) is 4.98 Å². The van der Waals surface area contributed by atoms with Crippen molar-refractivity contribution in [2.24, 2.45) is 0 Å². The Labute approximate surface area is 283 Å². The zero-order chi connectivity index (χ0) is 33.2. The van der Waals surface area contributed by atoms with Gasteiger partial charge in [-0.1, -0.05) is 140 Å². The molecule has 0 amide bonds. The Morgan fingerprint density at radius 3 is 1.79 bits per heavy atom. The lowest BCUT2D eigenvalue weighted by Crippen LogP contribution is -2.01. The van der Waals surface area contributed by atoms with Crippen LogP contribution in [0.15, 0.2) is 153 Å². The van der Waals surface area contributed by atoms with Gasteiger partial charge in [0.15, 0.2) is 0 Å². The Bertz CT molecular complexity index is 2390. The number of aromatic nitrogens is 2. The summed E-state index contributed by atoms with van der Waals surface area (Å²) in [5.74, 6) is 0.854. The Kier molecular flexibility index (Phi) is 8.31. The number of imidazole rings is 1. The average Bonchev–Trinajstić information content (AvgIpc) is 3.48. The molecule has 0 N–H and O–H groups in total. The van der Waals surface area contributed by atoms with Crippen molar-refractivity contribution in [2.75, 3.05) is 0 Å². The van der Waals surface area contributed by atoms with Crippen molar-refractivity contribution < 1.29 is 0 Å². The van der Waals surface area contributed by atoms with Crippen LogP contribution in [0.1, 0.15) is 30.8 Å². The van der Waals surface area contributed by atoms with Gasteiger partial charge in [-0.3, -0.25) is 4.57 Å². The second kappa shape index (κ2) is 13.0. The van der Waals surface area contributed by atoms with Gasteiger partial charge >= 0.3 is 0 Å². The molecule has 1 aromatic heterocycles. The van der Waals surface area contributed by atoms with Crippen LogP contribution in [0.3, 0.4) is 0 Å². The molecule has 0 saturated carbocycles. The molecule has 0 aliphatic carbocycles. The molecule has 2 nitrogen and oxygen atoms in total. The molecule has 2 heteroatoms. The number of hydrogen-bond acceptors (Lipinski definition) is 1. The molecule has 0 radical (unpaired) electrons. The Morgan fingerprint density at radius 2 is 1.21 bits per heavy atom. The third-order valence-electron chi connectivity index (χ3n) is 8.99. The van der Waals surface area contributed by atoms with E-state index in [0.29, 0.717) is 0 Å². The third-order valence-corrected chi connectivity index (χ3v) is 8.99. The van der Waals surface area contributed by atoms with Gasteiger partial charge in [-0.05, 0) is 106 Å². The summed E-state index contributed by atoms with van der Waals surface area (Å²) < 4.78 is 2.18. The fourth-order valence-corrected chi connectivity index (χ4v) is 6.93. The first-order chi connectivity index (χ1) is 23.6. The van der Waals surface area contributed by atoms with Crippen molar-refractivity contribution in [1.82, 2.24) is 9.55 Å². The van der Waals surface area contributed by atoms with Gasteiger partial charge in [0.1, 0.15) is 5.82 Å². The molecule has 7 aromatic rings. The maximum atomic E-state index is 5.06. The van der Waals surface area contributed by atoms with Crippen LogP contribution in [-0.4, -0.2) is 9.55 Å². The van der Waals surface area contributed by atoms with E-state index in [1.807, 2.05) is 44.2 Å². The maximum absolute atomic E-state index is 5.06. The first-order valence-electron chi connectivity index (χ1n) is 16.4. The van der Waals surface area contributed by atoms with Gasteiger partial charge < -0.3 is 0 Å². The lowest BCUT2D eigenvalue weighted by atomic mass is 9.85. The van der Waals surface area contributed by atoms with E-state index in [-0.39, 0.29) is 0 Å². The standard InChI is InChI=1S/C46H38N2/c1-6-14-37(15-7-2)48-43(16-8-3)42(9-4)47-46(48)33-25-23-32(24-26-33)44-38-17-10-12-19-40(38)45(41-20-13-11-18-39(41)44)36-28-27-34-29-31(5)21-22-35(34)30-36/h6-30H,1,4H2,2-3,5H3/b15-7-,16-8-,37-14+. The van der Waals surface area contributed by atoms with E-state index in [2.05, 4.69) is 146 Å². The van der Waals surface area contributed by atoms with Crippen LogP contribution in [-0.2, 0) is 0 Å². The van der Waals surface area contributed by atoms with Crippen LogP contribution in [0.4, 0.5) is 0 Å². The van der Waals surface area contributed by atoms with Crippen molar-refractivity contribution in [3.05, 3.63) is 170 Å². The molecular weight excluding hydrogens is 581 g/mol. The summed E-state index contributed by atoms with van der Waals surface area (Å²) in [6.45, 7) is 14.2. The first kappa shape index (κ1) is 30.7. The van der Waals surface area contributed by atoms with Crippen molar-refractivity contribution in [2.45, 2.75) is 20.8 Å². The fourth-order valence-electron chi connectivity index (χ4n) is 6.93. The van der Waals surface area contributed by atoms with Crippen molar-refractivity contribution >= 4 is 50.2 Å². The molecule has 0 aliphatic rings. The number of hydrogen-bond donors (Lipinski definition) is 0. The summed E-state index contributed by atoms with van der Waals surface area (Å²) >= 11 is 0. The van der Waals surface area contributed by atoms with Gasteiger partial charge in [0, 0.05) is 11.3 Å². The summed E-state index contributed by atoms with van der Waals surface area (Å²) in [5.41, 5.74) is 9.99. The summed E-state index contributed by atoms with van der Waals surface area (Å²) in [4.78, 5) is 5.06. The van der Waals surface area contributed by atoms with Gasteiger partial charge in [0.2, 0.25) is 0 Å². The molecule has 0 aliphatic heterocycles. The zero-order valence-corrected chi connectivity index (χ0v) is 27.7. The molecule has 0 saturated heterocycles. The van der Waals surface area contributed by atoms with Crippen LogP contribution in [0.2, 0.25) is 0 Å². The zero-order valence-electron chi connectivity index (χ0n) is 27.7. The number of fused-ring (bicyclic) bond motifs is 3. The molecule has 0 unspecified atom stereocenters. The minimum atomic E-state index is 0.836. The molecular formula is C46H38N2. The van der Waals surface area contributed by atoms with E-state index in [1.165, 1.54) is 54.6 Å². The van der Waals surface area contributed by atoms with Crippen molar-refractivity contribution in [3.63, 3.8) is 0 Å². The molecule has 48 heavy (non-hydrogen) atoms. The Balaban J connectivity index is 1.43. The molecule has 0 fully saturated rings. The summed E-state index contributed by atoms with van der Waals surface area (Å²) in [6, 6.07) is 40.0. The third kappa shape index (κ3) is 5.32. The SMILES string of the molecule is C=C/C=C(\C=C/C)n1c(-c2ccc(-c3c4ccccc4c(-c4ccc5cc(C)ccc5c4)c4ccccc34)cc2)nc(C=C)c1/C=C\C. The lowest BCUT2D eigenvalue weighted by molar-refractivity contribution is 1.09. The number of rotatable bonds is 8. The van der Waals surface area contributed by atoms with Gasteiger partial charge in [-0.25, -0.2) is 4.98 Å². The lowest BCUT2D eigenvalue weighted by Gasteiger charge is -2.18. The smallest absolute Gasteiger partial charge is 0.145 e. The highest BCUT2D eigenvalue weighted by Gasteiger charge is 2.19. The van der Waals surface area contributed by atoms with E-state index in [1.54, 1.807) is 0 Å². The highest BCUT2D eigenvalue weighted by Crippen LogP contribution is 2.44. The summed E-state index contributed by atoms with van der Waals surface area (Å²) in [5, 5.41) is 7.47. The number of nitrogens with zero attached hydrogens (tertiary/aromatic N) is 2. The van der Waals surface area contributed by atoms with Gasteiger partial charge in [0.25, 0.3) is 0 Å². The second-order valence-corrected chi connectivity index (χ2v) is 12.1. The van der Waals surface area contributed by atoms with Crippen LogP contribution >= 0.6 is 0 Å². The number of aryl methyl sites for hydroxylation is 1. The average molecular weight is 619 g/mol. The van der Waals surface area contributed by atoms with E-state index in [9.17, 15) is 0 Å². The van der Waals surface area contributed by atoms with E-state index < -0.39 is 0 Å². The monoisotopic (exact) mass is 618 g/mol. The highest BCUT2D eigenvalue weighted by molar-refractivity contribution is 6.21. The largest absolute Gasteiger partial charge is 0.292 e.